The lowest BCUT2D eigenvalue weighted by Crippen LogP contribution is -2.32. The standard InChI is InChI=1S/C18H23N7O/c1-12-10-17-20-15(11-13(2)24(17)22-12)18(26)21-16-4-7-19-25(16)14-5-8-23(3)9-6-14/h4,7,10-11,14H,5-6,8-9H2,1-3H3,(H,21,26). The summed E-state index contributed by atoms with van der Waals surface area (Å²) in [6, 6.07) is 5.77. The third-order valence-corrected chi connectivity index (χ3v) is 4.91. The van der Waals surface area contributed by atoms with Crippen molar-refractivity contribution in [2.75, 3.05) is 25.5 Å². The van der Waals surface area contributed by atoms with Crippen molar-refractivity contribution in [2.24, 2.45) is 0 Å². The van der Waals surface area contributed by atoms with Crippen LogP contribution < -0.4 is 5.32 Å². The molecule has 0 bridgehead atoms. The summed E-state index contributed by atoms with van der Waals surface area (Å²) in [6.07, 6.45) is 3.79. The van der Waals surface area contributed by atoms with Gasteiger partial charge in [0.25, 0.3) is 5.91 Å². The number of carbonyl (C=O) groups is 1. The Kier molecular flexibility index (Phi) is 4.20. The van der Waals surface area contributed by atoms with Crippen LogP contribution in [0.3, 0.4) is 0 Å². The lowest BCUT2D eigenvalue weighted by atomic mass is 10.1. The van der Waals surface area contributed by atoms with E-state index < -0.39 is 0 Å². The molecule has 1 amide bonds. The SMILES string of the molecule is Cc1cc2nc(C(=O)Nc3ccnn3C3CCN(C)CC3)cc(C)n2n1. The molecule has 1 aliphatic heterocycles. The molecule has 1 saturated heterocycles. The number of rotatable bonds is 3. The van der Waals surface area contributed by atoms with E-state index in [1.54, 1.807) is 16.8 Å². The first-order valence-electron chi connectivity index (χ1n) is 8.89. The molecule has 1 fully saturated rings. The van der Waals surface area contributed by atoms with Gasteiger partial charge in [-0.2, -0.15) is 10.2 Å². The Morgan fingerprint density at radius 1 is 1.23 bits per heavy atom. The maximum Gasteiger partial charge on any atom is 0.275 e. The molecular formula is C18H23N7O. The van der Waals surface area contributed by atoms with Crippen molar-refractivity contribution in [3.05, 3.63) is 41.5 Å². The van der Waals surface area contributed by atoms with Gasteiger partial charge in [-0.1, -0.05) is 0 Å². The molecule has 1 aliphatic rings. The largest absolute Gasteiger partial charge is 0.306 e. The van der Waals surface area contributed by atoms with Crippen LogP contribution in [0.2, 0.25) is 0 Å². The highest BCUT2D eigenvalue weighted by Crippen LogP contribution is 2.25. The van der Waals surface area contributed by atoms with Crippen LogP contribution in [0.4, 0.5) is 5.82 Å². The normalized spacial score (nSPS) is 16.3. The van der Waals surface area contributed by atoms with E-state index in [2.05, 4.69) is 32.4 Å². The number of aryl methyl sites for hydroxylation is 2. The number of likely N-dealkylation sites (tertiary alicyclic amines) is 1. The summed E-state index contributed by atoms with van der Waals surface area (Å²) in [5.74, 6) is 0.484. The van der Waals surface area contributed by atoms with Gasteiger partial charge in [0.2, 0.25) is 0 Å². The van der Waals surface area contributed by atoms with Crippen LogP contribution >= 0.6 is 0 Å². The van der Waals surface area contributed by atoms with Crippen molar-refractivity contribution in [1.82, 2.24) is 29.3 Å². The van der Waals surface area contributed by atoms with Crippen LogP contribution in [0.25, 0.3) is 5.65 Å². The molecule has 8 nitrogen and oxygen atoms in total. The molecule has 26 heavy (non-hydrogen) atoms. The summed E-state index contributed by atoms with van der Waals surface area (Å²) in [4.78, 5) is 19.5. The van der Waals surface area contributed by atoms with Gasteiger partial charge in [-0.3, -0.25) is 4.79 Å². The molecule has 1 N–H and O–H groups in total. The molecule has 0 aromatic carbocycles. The number of anilines is 1. The van der Waals surface area contributed by atoms with E-state index in [0.29, 0.717) is 23.2 Å². The van der Waals surface area contributed by atoms with Gasteiger partial charge < -0.3 is 10.2 Å². The zero-order valence-corrected chi connectivity index (χ0v) is 15.3. The zero-order valence-electron chi connectivity index (χ0n) is 15.3. The van der Waals surface area contributed by atoms with Crippen molar-refractivity contribution >= 4 is 17.4 Å². The van der Waals surface area contributed by atoms with E-state index in [-0.39, 0.29) is 5.91 Å². The van der Waals surface area contributed by atoms with E-state index in [9.17, 15) is 4.79 Å². The minimum absolute atomic E-state index is 0.232. The highest BCUT2D eigenvalue weighted by atomic mass is 16.2. The van der Waals surface area contributed by atoms with Gasteiger partial charge in [0, 0.05) is 17.8 Å². The number of piperidine rings is 1. The molecule has 136 valence electrons. The first kappa shape index (κ1) is 16.7. The van der Waals surface area contributed by atoms with Crippen LogP contribution in [-0.2, 0) is 0 Å². The van der Waals surface area contributed by atoms with Gasteiger partial charge in [-0.05, 0) is 52.9 Å². The second kappa shape index (κ2) is 6.53. The second-order valence-electron chi connectivity index (χ2n) is 6.99. The lowest BCUT2D eigenvalue weighted by Gasteiger charge is -2.29. The van der Waals surface area contributed by atoms with Crippen LogP contribution in [0.1, 0.15) is 40.8 Å². The second-order valence-corrected chi connectivity index (χ2v) is 6.99. The average molecular weight is 353 g/mol. The van der Waals surface area contributed by atoms with Gasteiger partial charge in [-0.15, -0.1) is 0 Å². The fraction of sp³-hybridized carbons (Fsp3) is 0.444. The molecular weight excluding hydrogens is 330 g/mol. The number of hydrogen-bond donors (Lipinski definition) is 1. The minimum Gasteiger partial charge on any atom is -0.306 e. The Labute approximate surface area is 151 Å². The Morgan fingerprint density at radius 2 is 2.00 bits per heavy atom. The quantitative estimate of drug-likeness (QED) is 0.780. The van der Waals surface area contributed by atoms with Crippen molar-refractivity contribution in [2.45, 2.75) is 32.7 Å². The molecule has 4 heterocycles. The molecule has 0 atom stereocenters. The van der Waals surface area contributed by atoms with Crippen LogP contribution in [-0.4, -0.2) is 55.3 Å². The average Bonchev–Trinajstić information content (AvgIpc) is 3.21. The predicted molar refractivity (Wildman–Crippen MR) is 98.4 cm³/mol. The minimum atomic E-state index is -0.232. The molecule has 0 aliphatic carbocycles. The third kappa shape index (κ3) is 3.08. The number of aromatic nitrogens is 5. The molecule has 4 rings (SSSR count). The molecule has 0 spiro atoms. The first-order chi connectivity index (χ1) is 12.5. The summed E-state index contributed by atoms with van der Waals surface area (Å²) in [6.45, 7) is 5.90. The van der Waals surface area contributed by atoms with Crippen LogP contribution in [0.5, 0.6) is 0 Å². The Bertz CT molecular complexity index is 950. The van der Waals surface area contributed by atoms with E-state index in [4.69, 9.17) is 0 Å². The fourth-order valence-electron chi connectivity index (χ4n) is 3.48. The number of fused-ring (bicyclic) bond motifs is 1. The van der Waals surface area contributed by atoms with E-state index in [1.807, 2.05) is 30.7 Å². The molecule has 0 unspecified atom stereocenters. The Balaban J connectivity index is 1.57. The number of nitrogens with one attached hydrogen (secondary N) is 1. The van der Waals surface area contributed by atoms with Gasteiger partial charge in [0.1, 0.15) is 11.5 Å². The summed E-state index contributed by atoms with van der Waals surface area (Å²) in [5.41, 5.74) is 2.80. The highest BCUT2D eigenvalue weighted by molar-refractivity contribution is 6.02. The smallest absolute Gasteiger partial charge is 0.275 e. The van der Waals surface area contributed by atoms with E-state index in [0.717, 1.165) is 37.3 Å². The van der Waals surface area contributed by atoms with Crippen molar-refractivity contribution < 1.29 is 4.79 Å². The Hall–Kier alpha value is -2.74. The maximum atomic E-state index is 12.7. The topological polar surface area (TPSA) is 80.4 Å². The monoisotopic (exact) mass is 353 g/mol. The van der Waals surface area contributed by atoms with Gasteiger partial charge in [0.05, 0.1) is 17.9 Å². The van der Waals surface area contributed by atoms with Crippen molar-refractivity contribution in [1.29, 1.82) is 0 Å². The van der Waals surface area contributed by atoms with E-state index >= 15 is 0 Å². The third-order valence-electron chi connectivity index (χ3n) is 4.91. The van der Waals surface area contributed by atoms with Crippen LogP contribution in [0.15, 0.2) is 24.4 Å². The summed E-state index contributed by atoms with van der Waals surface area (Å²) >= 11 is 0. The maximum absolute atomic E-state index is 12.7. The van der Waals surface area contributed by atoms with Crippen molar-refractivity contribution in [3.8, 4) is 0 Å². The molecule has 0 radical (unpaired) electrons. The summed E-state index contributed by atoms with van der Waals surface area (Å²) in [7, 11) is 2.13. The van der Waals surface area contributed by atoms with Gasteiger partial charge in [-0.25, -0.2) is 14.2 Å². The molecule has 3 aromatic heterocycles. The summed E-state index contributed by atoms with van der Waals surface area (Å²) < 4.78 is 3.67. The van der Waals surface area contributed by atoms with Gasteiger partial charge >= 0.3 is 0 Å². The lowest BCUT2D eigenvalue weighted by molar-refractivity contribution is 0.102. The Morgan fingerprint density at radius 3 is 2.77 bits per heavy atom. The van der Waals surface area contributed by atoms with Crippen LogP contribution in [0, 0.1) is 13.8 Å². The van der Waals surface area contributed by atoms with Gasteiger partial charge in [0.15, 0.2) is 5.65 Å². The molecule has 0 saturated carbocycles. The number of carbonyl (C=O) groups excluding carboxylic acids is 1. The molecule has 8 heteroatoms. The first-order valence-corrected chi connectivity index (χ1v) is 8.89. The number of hydrogen-bond acceptors (Lipinski definition) is 5. The number of amides is 1. The zero-order chi connectivity index (χ0) is 18.3. The van der Waals surface area contributed by atoms with E-state index in [1.165, 1.54) is 0 Å². The highest BCUT2D eigenvalue weighted by Gasteiger charge is 2.22. The molecule has 3 aromatic rings. The fourth-order valence-corrected chi connectivity index (χ4v) is 3.48. The predicted octanol–water partition coefficient (Wildman–Crippen LogP) is 2.06. The number of nitrogens with zero attached hydrogens (tertiary/aromatic N) is 6. The van der Waals surface area contributed by atoms with Crippen molar-refractivity contribution in [3.63, 3.8) is 0 Å². The summed E-state index contributed by atoms with van der Waals surface area (Å²) in [5, 5.41) is 11.8.